The molecule has 0 bridgehead atoms. The van der Waals surface area contributed by atoms with E-state index in [2.05, 4.69) is 17.4 Å². The third kappa shape index (κ3) is 4.86. The molecule has 1 unspecified atom stereocenters. The van der Waals surface area contributed by atoms with Crippen molar-refractivity contribution >= 4 is 18.3 Å². The molecule has 0 radical (unpaired) electrons. The van der Waals surface area contributed by atoms with E-state index >= 15 is 0 Å². The fourth-order valence-corrected chi connectivity index (χ4v) is 3.81. The lowest BCUT2D eigenvalue weighted by Crippen LogP contribution is -2.47. The standard InChI is InChI=1S/C23H26N4O.ClH/c1-24-20-13-8-14-26(16-20)23(28)21-17-27(15-18-9-4-2-5-10-18)25-22(21)19-11-6-3-7-12-19;/h2-7,9-12,17,20,24H,8,13-16H2,1H3;1H. The normalized spacial score (nSPS) is 16.3. The minimum Gasteiger partial charge on any atom is -0.337 e. The fourth-order valence-electron chi connectivity index (χ4n) is 3.81. The molecule has 0 saturated carbocycles. The molecule has 1 aliphatic rings. The highest BCUT2D eigenvalue weighted by molar-refractivity contribution is 5.99. The van der Waals surface area contributed by atoms with Crippen molar-refractivity contribution in [2.24, 2.45) is 0 Å². The molecule has 1 aromatic heterocycles. The number of hydrogen-bond donors (Lipinski definition) is 1. The molecule has 29 heavy (non-hydrogen) atoms. The molecule has 1 N–H and O–H groups in total. The minimum absolute atomic E-state index is 0. The van der Waals surface area contributed by atoms with E-state index in [0.717, 1.165) is 42.8 Å². The van der Waals surface area contributed by atoms with Crippen LogP contribution in [0.15, 0.2) is 66.9 Å². The quantitative estimate of drug-likeness (QED) is 0.695. The number of benzene rings is 2. The van der Waals surface area contributed by atoms with Crippen molar-refractivity contribution < 1.29 is 4.79 Å². The van der Waals surface area contributed by atoms with E-state index < -0.39 is 0 Å². The van der Waals surface area contributed by atoms with Gasteiger partial charge in [-0.2, -0.15) is 5.10 Å². The highest BCUT2D eigenvalue weighted by Crippen LogP contribution is 2.25. The Morgan fingerprint density at radius 3 is 2.48 bits per heavy atom. The second kappa shape index (κ2) is 9.72. The van der Waals surface area contributed by atoms with E-state index in [1.807, 2.05) is 71.4 Å². The number of halogens is 1. The number of amides is 1. The van der Waals surface area contributed by atoms with Gasteiger partial charge in [-0.1, -0.05) is 60.7 Å². The number of carbonyl (C=O) groups excluding carboxylic acids is 1. The molecule has 3 aromatic rings. The molecule has 4 rings (SSSR count). The van der Waals surface area contributed by atoms with Gasteiger partial charge in [-0.15, -0.1) is 12.4 Å². The zero-order chi connectivity index (χ0) is 19.3. The molecule has 6 heteroatoms. The van der Waals surface area contributed by atoms with E-state index in [9.17, 15) is 4.79 Å². The number of hydrogen-bond acceptors (Lipinski definition) is 3. The summed E-state index contributed by atoms with van der Waals surface area (Å²) in [6.07, 6.45) is 4.04. The highest BCUT2D eigenvalue weighted by Gasteiger charge is 2.27. The summed E-state index contributed by atoms with van der Waals surface area (Å²) in [7, 11) is 1.96. The average molecular weight is 411 g/mol. The van der Waals surface area contributed by atoms with E-state index in [1.165, 1.54) is 0 Å². The number of likely N-dealkylation sites (N-methyl/N-ethyl adjacent to an activating group) is 1. The average Bonchev–Trinajstić information content (AvgIpc) is 3.18. The number of carbonyl (C=O) groups is 1. The number of rotatable bonds is 5. The summed E-state index contributed by atoms with van der Waals surface area (Å²) in [5.41, 5.74) is 3.57. The molecule has 2 heterocycles. The predicted molar refractivity (Wildman–Crippen MR) is 118 cm³/mol. The SMILES string of the molecule is CNC1CCCN(C(=O)c2cn(Cc3ccccc3)nc2-c2ccccc2)C1.Cl. The van der Waals surface area contributed by atoms with Gasteiger partial charge in [0.05, 0.1) is 12.1 Å². The first kappa shape index (κ1) is 21.1. The molecule has 1 fully saturated rings. The molecule has 1 amide bonds. The van der Waals surface area contributed by atoms with Crippen molar-refractivity contribution in [2.45, 2.75) is 25.4 Å². The van der Waals surface area contributed by atoms with Crippen LogP contribution in [0, 0.1) is 0 Å². The maximum Gasteiger partial charge on any atom is 0.257 e. The van der Waals surface area contributed by atoms with E-state index in [-0.39, 0.29) is 18.3 Å². The number of nitrogens with one attached hydrogen (secondary N) is 1. The molecule has 5 nitrogen and oxygen atoms in total. The van der Waals surface area contributed by atoms with Crippen LogP contribution in [0.4, 0.5) is 0 Å². The Morgan fingerprint density at radius 1 is 1.10 bits per heavy atom. The molecule has 1 aliphatic heterocycles. The second-order valence-electron chi connectivity index (χ2n) is 7.32. The monoisotopic (exact) mass is 410 g/mol. The van der Waals surface area contributed by atoms with Gasteiger partial charge in [0.1, 0.15) is 5.69 Å². The first-order valence-corrected chi connectivity index (χ1v) is 9.88. The number of nitrogens with zero attached hydrogens (tertiary/aromatic N) is 3. The van der Waals surface area contributed by atoms with Crippen molar-refractivity contribution in [1.82, 2.24) is 20.0 Å². The maximum atomic E-state index is 13.4. The second-order valence-corrected chi connectivity index (χ2v) is 7.32. The van der Waals surface area contributed by atoms with Crippen LogP contribution in [0.2, 0.25) is 0 Å². The lowest BCUT2D eigenvalue weighted by atomic mass is 10.0. The number of likely N-dealkylation sites (tertiary alicyclic amines) is 1. The first-order chi connectivity index (χ1) is 13.7. The van der Waals surface area contributed by atoms with Gasteiger partial charge in [0.25, 0.3) is 5.91 Å². The van der Waals surface area contributed by atoms with Gasteiger partial charge in [0.15, 0.2) is 0 Å². The van der Waals surface area contributed by atoms with Crippen LogP contribution >= 0.6 is 12.4 Å². The maximum absolute atomic E-state index is 13.4. The van der Waals surface area contributed by atoms with E-state index in [0.29, 0.717) is 18.2 Å². The van der Waals surface area contributed by atoms with Crippen LogP contribution in [0.1, 0.15) is 28.8 Å². The summed E-state index contributed by atoms with van der Waals surface area (Å²) in [6.45, 7) is 2.19. The lowest BCUT2D eigenvalue weighted by Gasteiger charge is -2.32. The first-order valence-electron chi connectivity index (χ1n) is 9.88. The summed E-state index contributed by atoms with van der Waals surface area (Å²) in [6, 6.07) is 20.5. The van der Waals surface area contributed by atoms with Crippen LogP contribution in [-0.2, 0) is 6.54 Å². The summed E-state index contributed by atoms with van der Waals surface area (Å²) in [5.74, 6) is 0.0677. The van der Waals surface area contributed by atoms with Crippen molar-refractivity contribution in [3.63, 3.8) is 0 Å². The third-order valence-electron chi connectivity index (χ3n) is 5.34. The van der Waals surface area contributed by atoms with Gasteiger partial charge in [0, 0.05) is 30.9 Å². The molecule has 2 aromatic carbocycles. The summed E-state index contributed by atoms with van der Waals surface area (Å²) >= 11 is 0. The van der Waals surface area contributed by atoms with Crippen LogP contribution in [-0.4, -0.2) is 46.8 Å². The zero-order valence-electron chi connectivity index (χ0n) is 16.6. The third-order valence-corrected chi connectivity index (χ3v) is 5.34. The van der Waals surface area contributed by atoms with Crippen LogP contribution in [0.3, 0.4) is 0 Å². The van der Waals surface area contributed by atoms with Crippen molar-refractivity contribution in [2.75, 3.05) is 20.1 Å². The molecular formula is C23H27ClN4O. The van der Waals surface area contributed by atoms with Crippen LogP contribution < -0.4 is 5.32 Å². The van der Waals surface area contributed by atoms with Gasteiger partial charge in [-0.3, -0.25) is 9.48 Å². The Balaban J connectivity index is 0.00000240. The van der Waals surface area contributed by atoms with Gasteiger partial charge < -0.3 is 10.2 Å². The highest BCUT2D eigenvalue weighted by atomic mass is 35.5. The summed E-state index contributed by atoms with van der Waals surface area (Å²) in [4.78, 5) is 15.3. The molecular weight excluding hydrogens is 384 g/mol. The topological polar surface area (TPSA) is 50.2 Å². The smallest absolute Gasteiger partial charge is 0.257 e. The molecule has 1 saturated heterocycles. The Morgan fingerprint density at radius 2 is 1.79 bits per heavy atom. The largest absolute Gasteiger partial charge is 0.337 e. The van der Waals surface area contributed by atoms with Gasteiger partial charge in [-0.05, 0) is 25.5 Å². The molecule has 1 atom stereocenters. The van der Waals surface area contributed by atoms with Gasteiger partial charge in [-0.25, -0.2) is 0 Å². The Labute approximate surface area is 178 Å². The minimum atomic E-state index is 0. The Kier molecular flexibility index (Phi) is 7.07. The number of aromatic nitrogens is 2. The van der Waals surface area contributed by atoms with E-state index in [1.54, 1.807) is 0 Å². The molecule has 0 spiro atoms. The Bertz CT molecular complexity index is 927. The zero-order valence-corrected chi connectivity index (χ0v) is 17.4. The van der Waals surface area contributed by atoms with Crippen molar-refractivity contribution in [3.05, 3.63) is 78.0 Å². The van der Waals surface area contributed by atoms with Crippen molar-refractivity contribution in [3.8, 4) is 11.3 Å². The Hall–Kier alpha value is -2.63. The summed E-state index contributed by atoms with van der Waals surface area (Å²) in [5, 5.41) is 8.09. The van der Waals surface area contributed by atoms with Crippen LogP contribution in [0.25, 0.3) is 11.3 Å². The van der Waals surface area contributed by atoms with Crippen molar-refractivity contribution in [1.29, 1.82) is 0 Å². The summed E-state index contributed by atoms with van der Waals surface area (Å²) < 4.78 is 1.88. The van der Waals surface area contributed by atoms with E-state index in [4.69, 9.17) is 5.10 Å². The van der Waals surface area contributed by atoms with Gasteiger partial charge in [0.2, 0.25) is 0 Å². The predicted octanol–water partition coefficient (Wildman–Crippen LogP) is 3.84. The number of piperidine rings is 1. The van der Waals surface area contributed by atoms with Crippen LogP contribution in [0.5, 0.6) is 0 Å². The lowest BCUT2D eigenvalue weighted by molar-refractivity contribution is 0.0699. The molecule has 152 valence electrons. The molecule has 0 aliphatic carbocycles. The fraction of sp³-hybridized carbons (Fsp3) is 0.304. The van der Waals surface area contributed by atoms with Gasteiger partial charge >= 0.3 is 0 Å².